The maximum atomic E-state index is 12.4. The Kier molecular flexibility index (Phi) is 5.28. The third-order valence-electron chi connectivity index (χ3n) is 3.30. The zero-order chi connectivity index (χ0) is 15.6. The first-order chi connectivity index (χ1) is 9.16. The molecule has 1 heterocycles. The van der Waals surface area contributed by atoms with Gasteiger partial charge in [0, 0.05) is 12.7 Å². The van der Waals surface area contributed by atoms with Gasteiger partial charge in [0.2, 0.25) is 0 Å². The van der Waals surface area contributed by atoms with Crippen LogP contribution in [0.3, 0.4) is 0 Å². The first-order valence-corrected chi connectivity index (χ1v) is 8.43. The molecule has 8 heteroatoms. The number of sulfonamides is 1. The number of thiocarbonyl (C=S) groups is 1. The summed E-state index contributed by atoms with van der Waals surface area (Å²) < 4.78 is 29.1. The van der Waals surface area contributed by atoms with Crippen LogP contribution in [0.5, 0.6) is 0 Å². The van der Waals surface area contributed by atoms with Crippen LogP contribution in [0.25, 0.3) is 0 Å². The molecule has 20 heavy (non-hydrogen) atoms. The third-order valence-corrected chi connectivity index (χ3v) is 5.22. The Morgan fingerprint density at radius 2 is 2.15 bits per heavy atom. The topological polar surface area (TPSA) is 90.0 Å². The Labute approximate surface area is 125 Å². The van der Waals surface area contributed by atoms with Crippen molar-refractivity contribution in [2.75, 3.05) is 0 Å². The molecule has 0 bridgehead atoms. The summed E-state index contributed by atoms with van der Waals surface area (Å²) in [4.78, 5) is 4.23. The predicted octanol–water partition coefficient (Wildman–Crippen LogP) is 1.33. The van der Waals surface area contributed by atoms with Gasteiger partial charge in [0.1, 0.15) is 5.82 Å². The van der Waals surface area contributed by atoms with Gasteiger partial charge < -0.3 is 10.3 Å². The largest absolute Gasteiger partial charge is 0.392 e. The summed E-state index contributed by atoms with van der Waals surface area (Å²) >= 11 is 4.95. The predicted molar refractivity (Wildman–Crippen MR) is 83.1 cm³/mol. The zero-order valence-electron chi connectivity index (χ0n) is 12.3. The summed E-state index contributed by atoms with van der Waals surface area (Å²) in [6.07, 6.45) is 2.91. The summed E-state index contributed by atoms with van der Waals surface area (Å²) in [7, 11) is -3.74. The van der Waals surface area contributed by atoms with Crippen molar-refractivity contribution in [3.63, 3.8) is 0 Å². The first-order valence-electron chi connectivity index (χ1n) is 6.54. The Morgan fingerprint density at radius 3 is 2.60 bits per heavy atom. The lowest BCUT2D eigenvalue weighted by Crippen LogP contribution is -2.53. The van der Waals surface area contributed by atoms with Gasteiger partial charge in [-0.1, -0.05) is 26.1 Å². The van der Waals surface area contributed by atoms with Gasteiger partial charge in [-0.2, -0.15) is 4.72 Å². The van der Waals surface area contributed by atoms with Gasteiger partial charge in [-0.25, -0.2) is 13.4 Å². The number of aromatic nitrogens is 2. The van der Waals surface area contributed by atoms with Crippen molar-refractivity contribution in [3.05, 3.63) is 12.0 Å². The number of hydrogen-bond acceptors (Lipinski definition) is 4. The van der Waals surface area contributed by atoms with Crippen molar-refractivity contribution in [2.24, 2.45) is 5.73 Å². The average Bonchev–Trinajstić information content (AvgIpc) is 2.71. The van der Waals surface area contributed by atoms with E-state index in [2.05, 4.69) is 9.71 Å². The molecule has 1 rings (SSSR count). The summed E-state index contributed by atoms with van der Waals surface area (Å²) in [5.74, 6) is 0.667. The SMILES string of the molecule is CCCn1cc(S(=O)(=O)NC(C)(CC)C(N)=S)nc1C. The van der Waals surface area contributed by atoms with Gasteiger partial charge in [-0.05, 0) is 26.7 Å². The van der Waals surface area contributed by atoms with E-state index in [-0.39, 0.29) is 10.0 Å². The fourth-order valence-electron chi connectivity index (χ4n) is 1.72. The number of aryl methyl sites for hydroxylation is 2. The number of imidazole rings is 1. The van der Waals surface area contributed by atoms with Crippen molar-refractivity contribution in [1.82, 2.24) is 14.3 Å². The summed E-state index contributed by atoms with van der Waals surface area (Å²) in [6.45, 7) is 8.02. The maximum Gasteiger partial charge on any atom is 0.260 e. The maximum absolute atomic E-state index is 12.4. The highest BCUT2D eigenvalue weighted by atomic mass is 32.2. The van der Waals surface area contributed by atoms with Crippen molar-refractivity contribution < 1.29 is 8.42 Å². The minimum Gasteiger partial charge on any atom is -0.392 e. The van der Waals surface area contributed by atoms with E-state index >= 15 is 0 Å². The highest BCUT2D eigenvalue weighted by Gasteiger charge is 2.33. The molecular weight excluding hydrogens is 296 g/mol. The highest BCUT2D eigenvalue weighted by Crippen LogP contribution is 2.16. The average molecular weight is 318 g/mol. The smallest absolute Gasteiger partial charge is 0.260 e. The molecule has 0 aliphatic heterocycles. The fourth-order valence-corrected chi connectivity index (χ4v) is 3.45. The van der Waals surface area contributed by atoms with Crippen molar-refractivity contribution in [2.45, 2.75) is 57.6 Å². The standard InChI is InChI=1S/C12H22N4O2S2/c1-5-7-16-8-10(14-9(16)3)20(17,18)15-12(4,6-2)11(13)19/h8,15H,5-7H2,1-4H3,(H2,13,19). The van der Waals surface area contributed by atoms with Crippen molar-refractivity contribution in [1.29, 1.82) is 0 Å². The Hall–Kier alpha value is -0.990. The molecule has 0 amide bonds. The number of hydrogen-bond donors (Lipinski definition) is 2. The van der Waals surface area contributed by atoms with E-state index in [0.717, 1.165) is 13.0 Å². The molecule has 6 nitrogen and oxygen atoms in total. The molecule has 1 unspecified atom stereocenters. The molecule has 0 aliphatic carbocycles. The van der Waals surface area contributed by atoms with E-state index in [1.54, 1.807) is 13.8 Å². The minimum absolute atomic E-state index is 0.000579. The summed E-state index contributed by atoms with van der Waals surface area (Å²) in [6, 6.07) is 0. The molecule has 114 valence electrons. The van der Waals surface area contributed by atoms with Gasteiger partial charge in [0.25, 0.3) is 10.0 Å². The Balaban J connectivity index is 3.11. The Morgan fingerprint density at radius 1 is 1.55 bits per heavy atom. The quantitative estimate of drug-likeness (QED) is 0.740. The molecule has 0 fully saturated rings. The van der Waals surface area contributed by atoms with Gasteiger partial charge >= 0.3 is 0 Å². The monoisotopic (exact) mass is 318 g/mol. The van der Waals surface area contributed by atoms with E-state index in [1.165, 1.54) is 6.20 Å². The van der Waals surface area contributed by atoms with E-state index in [0.29, 0.717) is 12.2 Å². The lowest BCUT2D eigenvalue weighted by molar-refractivity contribution is 0.509. The third kappa shape index (κ3) is 3.56. The molecule has 0 saturated heterocycles. The number of nitrogens with one attached hydrogen (secondary N) is 1. The fraction of sp³-hybridized carbons (Fsp3) is 0.667. The first kappa shape index (κ1) is 17.1. The normalized spacial score (nSPS) is 15.0. The molecule has 0 radical (unpaired) electrons. The second-order valence-corrected chi connectivity index (χ2v) is 7.04. The highest BCUT2D eigenvalue weighted by molar-refractivity contribution is 7.89. The second-order valence-electron chi connectivity index (χ2n) is 4.98. The Bertz CT molecular complexity index is 595. The van der Waals surface area contributed by atoms with Crippen LogP contribution in [-0.4, -0.2) is 28.5 Å². The molecule has 0 aliphatic rings. The molecule has 1 aromatic heterocycles. The number of rotatable bonds is 7. The zero-order valence-corrected chi connectivity index (χ0v) is 13.9. The summed E-state index contributed by atoms with van der Waals surface area (Å²) in [5.41, 5.74) is 4.68. The molecule has 1 aromatic rings. The van der Waals surface area contributed by atoms with Crippen LogP contribution in [0.1, 0.15) is 39.4 Å². The van der Waals surface area contributed by atoms with Crippen molar-refractivity contribution >= 4 is 27.2 Å². The van der Waals surface area contributed by atoms with Gasteiger partial charge in [-0.15, -0.1) is 0 Å². The van der Waals surface area contributed by atoms with Crippen LogP contribution < -0.4 is 10.5 Å². The molecule has 0 saturated carbocycles. The number of nitrogens with zero attached hydrogens (tertiary/aromatic N) is 2. The van der Waals surface area contributed by atoms with Gasteiger partial charge in [-0.3, -0.25) is 0 Å². The molecule has 3 N–H and O–H groups in total. The van der Waals surface area contributed by atoms with Crippen LogP contribution in [0.4, 0.5) is 0 Å². The number of nitrogens with two attached hydrogens (primary N) is 1. The van der Waals surface area contributed by atoms with Crippen LogP contribution in [0, 0.1) is 6.92 Å². The lowest BCUT2D eigenvalue weighted by Gasteiger charge is -2.27. The minimum atomic E-state index is -3.74. The van der Waals surface area contributed by atoms with Crippen LogP contribution >= 0.6 is 12.2 Å². The van der Waals surface area contributed by atoms with E-state index < -0.39 is 15.6 Å². The van der Waals surface area contributed by atoms with Crippen molar-refractivity contribution in [3.8, 4) is 0 Å². The molecule has 0 spiro atoms. The summed E-state index contributed by atoms with van der Waals surface area (Å²) in [5, 5.41) is -0.000579. The van der Waals surface area contributed by atoms with Gasteiger partial charge in [0.05, 0.1) is 10.5 Å². The van der Waals surface area contributed by atoms with Crippen LogP contribution in [-0.2, 0) is 16.6 Å². The lowest BCUT2D eigenvalue weighted by atomic mass is 10.0. The van der Waals surface area contributed by atoms with Gasteiger partial charge in [0.15, 0.2) is 5.03 Å². The molecular formula is C12H22N4O2S2. The second kappa shape index (κ2) is 6.19. The molecule has 0 aromatic carbocycles. The van der Waals surface area contributed by atoms with Crippen LogP contribution in [0.15, 0.2) is 11.2 Å². The van der Waals surface area contributed by atoms with E-state index in [4.69, 9.17) is 18.0 Å². The molecule has 1 atom stereocenters. The van der Waals surface area contributed by atoms with E-state index in [9.17, 15) is 8.42 Å². The van der Waals surface area contributed by atoms with E-state index in [1.807, 2.05) is 18.4 Å². The van der Waals surface area contributed by atoms with Crippen LogP contribution in [0.2, 0.25) is 0 Å².